The van der Waals surface area contributed by atoms with Gasteiger partial charge in [-0.05, 0) is 18.6 Å². The maximum absolute atomic E-state index is 11.7. The standard InChI is InChI=1S/C13H14O2/c1-2-3-6-10-9-12(14)11-7-4-5-8-13(11)15-10/h4-5,7-9H,2-3,6H2,1H3. The monoisotopic (exact) mass is 202 g/mol. The molecule has 0 unspecified atom stereocenters. The van der Waals surface area contributed by atoms with Gasteiger partial charge < -0.3 is 4.42 Å². The minimum Gasteiger partial charge on any atom is -0.461 e. The molecule has 0 aliphatic carbocycles. The zero-order chi connectivity index (χ0) is 10.7. The second-order valence-electron chi connectivity index (χ2n) is 3.68. The van der Waals surface area contributed by atoms with E-state index in [1.165, 1.54) is 0 Å². The van der Waals surface area contributed by atoms with Gasteiger partial charge in [0.25, 0.3) is 0 Å². The maximum atomic E-state index is 11.7. The molecule has 0 aliphatic rings. The third-order valence-corrected chi connectivity index (χ3v) is 2.46. The van der Waals surface area contributed by atoms with E-state index in [0.717, 1.165) is 25.0 Å². The van der Waals surface area contributed by atoms with Gasteiger partial charge in [-0.15, -0.1) is 0 Å². The van der Waals surface area contributed by atoms with E-state index in [9.17, 15) is 4.79 Å². The summed E-state index contributed by atoms with van der Waals surface area (Å²) in [6.45, 7) is 2.12. The van der Waals surface area contributed by atoms with Crippen molar-refractivity contribution in [2.45, 2.75) is 26.2 Å². The molecule has 78 valence electrons. The van der Waals surface area contributed by atoms with Gasteiger partial charge in [-0.25, -0.2) is 0 Å². The van der Waals surface area contributed by atoms with Crippen molar-refractivity contribution in [2.24, 2.45) is 0 Å². The zero-order valence-electron chi connectivity index (χ0n) is 8.82. The lowest BCUT2D eigenvalue weighted by Crippen LogP contribution is -2.01. The van der Waals surface area contributed by atoms with Gasteiger partial charge in [-0.1, -0.05) is 25.5 Å². The summed E-state index contributed by atoms with van der Waals surface area (Å²) in [5.74, 6) is 0.792. The molecule has 0 aliphatic heterocycles. The number of aryl methyl sites for hydroxylation is 1. The second-order valence-corrected chi connectivity index (χ2v) is 3.68. The van der Waals surface area contributed by atoms with Crippen molar-refractivity contribution in [3.05, 3.63) is 46.3 Å². The summed E-state index contributed by atoms with van der Waals surface area (Å²) >= 11 is 0. The minimum atomic E-state index is 0.0583. The summed E-state index contributed by atoms with van der Waals surface area (Å²) in [4.78, 5) is 11.7. The van der Waals surface area contributed by atoms with Crippen molar-refractivity contribution in [3.63, 3.8) is 0 Å². The number of benzene rings is 1. The normalized spacial score (nSPS) is 10.7. The second kappa shape index (κ2) is 4.30. The Labute approximate surface area is 88.5 Å². The molecule has 2 rings (SSSR count). The van der Waals surface area contributed by atoms with Crippen LogP contribution in [-0.2, 0) is 6.42 Å². The molecule has 0 bridgehead atoms. The number of para-hydroxylation sites is 1. The molecule has 1 aromatic heterocycles. The summed E-state index contributed by atoms with van der Waals surface area (Å²) in [6.07, 6.45) is 3.01. The highest BCUT2D eigenvalue weighted by Crippen LogP contribution is 2.13. The van der Waals surface area contributed by atoms with E-state index >= 15 is 0 Å². The summed E-state index contributed by atoms with van der Waals surface area (Å²) in [6, 6.07) is 8.98. The molecule has 0 spiro atoms. The van der Waals surface area contributed by atoms with Gasteiger partial charge in [0.15, 0.2) is 5.43 Å². The highest BCUT2D eigenvalue weighted by Gasteiger charge is 2.02. The largest absolute Gasteiger partial charge is 0.461 e. The van der Waals surface area contributed by atoms with Crippen molar-refractivity contribution in [3.8, 4) is 0 Å². The van der Waals surface area contributed by atoms with Crippen LogP contribution in [0.15, 0.2) is 39.5 Å². The van der Waals surface area contributed by atoms with Gasteiger partial charge >= 0.3 is 0 Å². The van der Waals surface area contributed by atoms with E-state index in [2.05, 4.69) is 6.92 Å². The van der Waals surface area contributed by atoms with E-state index in [1.807, 2.05) is 18.2 Å². The summed E-state index contributed by atoms with van der Waals surface area (Å²) in [5.41, 5.74) is 0.749. The van der Waals surface area contributed by atoms with Gasteiger partial charge in [0, 0.05) is 12.5 Å². The lowest BCUT2D eigenvalue weighted by molar-refractivity contribution is 0.524. The molecule has 0 saturated heterocycles. The molecule has 0 atom stereocenters. The molecule has 15 heavy (non-hydrogen) atoms. The first-order valence-corrected chi connectivity index (χ1v) is 5.33. The Morgan fingerprint density at radius 2 is 2.07 bits per heavy atom. The van der Waals surface area contributed by atoms with E-state index < -0.39 is 0 Å². The Hall–Kier alpha value is -1.57. The van der Waals surface area contributed by atoms with E-state index in [0.29, 0.717) is 11.0 Å². The molecule has 2 nitrogen and oxygen atoms in total. The van der Waals surface area contributed by atoms with Gasteiger partial charge in [-0.3, -0.25) is 4.79 Å². The summed E-state index contributed by atoms with van der Waals surface area (Å²) in [7, 11) is 0. The van der Waals surface area contributed by atoms with Crippen molar-refractivity contribution in [1.82, 2.24) is 0 Å². The van der Waals surface area contributed by atoms with Gasteiger partial charge in [0.2, 0.25) is 0 Å². The molecule has 0 N–H and O–H groups in total. The number of hydrogen-bond donors (Lipinski definition) is 0. The van der Waals surface area contributed by atoms with Crippen LogP contribution in [0.25, 0.3) is 11.0 Å². The molecule has 0 radical (unpaired) electrons. The first-order valence-electron chi connectivity index (χ1n) is 5.33. The maximum Gasteiger partial charge on any atom is 0.192 e. The summed E-state index contributed by atoms with van der Waals surface area (Å²) < 4.78 is 5.64. The van der Waals surface area contributed by atoms with E-state index in [-0.39, 0.29) is 5.43 Å². The lowest BCUT2D eigenvalue weighted by Gasteiger charge is -2.01. The van der Waals surface area contributed by atoms with E-state index in [4.69, 9.17) is 4.42 Å². The van der Waals surface area contributed by atoms with Crippen molar-refractivity contribution >= 4 is 11.0 Å². The number of unbranched alkanes of at least 4 members (excludes halogenated alkanes) is 1. The molecular formula is C13H14O2. The molecule has 0 fully saturated rings. The predicted octanol–water partition coefficient (Wildman–Crippen LogP) is 3.14. The van der Waals surface area contributed by atoms with Crippen LogP contribution >= 0.6 is 0 Å². The van der Waals surface area contributed by atoms with Crippen molar-refractivity contribution < 1.29 is 4.42 Å². The van der Waals surface area contributed by atoms with Crippen LogP contribution in [0, 0.1) is 0 Å². The highest BCUT2D eigenvalue weighted by molar-refractivity contribution is 5.76. The third-order valence-electron chi connectivity index (χ3n) is 2.46. The first kappa shape index (κ1) is 9.97. The fourth-order valence-electron chi connectivity index (χ4n) is 1.63. The van der Waals surface area contributed by atoms with Crippen LogP contribution in [0.1, 0.15) is 25.5 Å². The molecule has 2 heteroatoms. The summed E-state index contributed by atoms with van der Waals surface area (Å²) in [5, 5.41) is 0.665. The van der Waals surface area contributed by atoms with Crippen LogP contribution in [0.5, 0.6) is 0 Å². The van der Waals surface area contributed by atoms with Crippen LogP contribution in [0.3, 0.4) is 0 Å². The average Bonchev–Trinajstić information content (AvgIpc) is 2.26. The Morgan fingerprint density at radius 3 is 2.87 bits per heavy atom. The Balaban J connectivity index is 2.48. The van der Waals surface area contributed by atoms with Gasteiger partial charge in [0.05, 0.1) is 5.39 Å². The Kier molecular flexibility index (Phi) is 2.86. The topological polar surface area (TPSA) is 30.2 Å². The number of fused-ring (bicyclic) bond motifs is 1. The van der Waals surface area contributed by atoms with Crippen LogP contribution in [0.2, 0.25) is 0 Å². The first-order chi connectivity index (χ1) is 7.31. The van der Waals surface area contributed by atoms with E-state index in [1.54, 1.807) is 12.1 Å². The van der Waals surface area contributed by atoms with Gasteiger partial charge in [0.1, 0.15) is 11.3 Å². The van der Waals surface area contributed by atoms with Crippen LogP contribution < -0.4 is 5.43 Å². The average molecular weight is 202 g/mol. The molecular weight excluding hydrogens is 188 g/mol. The predicted molar refractivity (Wildman–Crippen MR) is 61.1 cm³/mol. The molecule has 1 heterocycles. The minimum absolute atomic E-state index is 0.0583. The zero-order valence-corrected chi connectivity index (χ0v) is 8.82. The molecule has 1 aromatic carbocycles. The fraction of sp³-hybridized carbons (Fsp3) is 0.308. The van der Waals surface area contributed by atoms with Crippen molar-refractivity contribution in [2.75, 3.05) is 0 Å². The Morgan fingerprint density at radius 1 is 1.27 bits per heavy atom. The molecule has 0 amide bonds. The third kappa shape index (κ3) is 2.09. The van der Waals surface area contributed by atoms with Gasteiger partial charge in [-0.2, -0.15) is 0 Å². The van der Waals surface area contributed by atoms with Crippen LogP contribution in [-0.4, -0.2) is 0 Å². The van der Waals surface area contributed by atoms with Crippen molar-refractivity contribution in [1.29, 1.82) is 0 Å². The number of rotatable bonds is 3. The SMILES string of the molecule is CCCCc1cc(=O)c2ccccc2o1. The smallest absolute Gasteiger partial charge is 0.192 e. The quantitative estimate of drug-likeness (QED) is 0.765. The molecule has 0 saturated carbocycles. The number of hydrogen-bond acceptors (Lipinski definition) is 2. The molecule has 2 aromatic rings. The Bertz CT molecular complexity index is 511. The van der Waals surface area contributed by atoms with Crippen LogP contribution in [0.4, 0.5) is 0 Å². The lowest BCUT2D eigenvalue weighted by atomic mass is 10.1. The highest BCUT2D eigenvalue weighted by atomic mass is 16.3. The fourth-order valence-corrected chi connectivity index (χ4v) is 1.63.